The average molecular weight is 337 g/mol. The minimum Gasteiger partial charge on any atom is -0.435 e. The molecule has 6 heteroatoms. The van der Waals surface area contributed by atoms with E-state index in [0.29, 0.717) is 12.1 Å². The predicted molar refractivity (Wildman–Crippen MR) is 86.8 cm³/mol. The topological polar surface area (TPSA) is 61.7 Å². The number of aliphatic hydroxyl groups is 2. The molecule has 2 aromatic carbocycles. The fourth-order valence-corrected chi connectivity index (χ4v) is 2.36. The summed E-state index contributed by atoms with van der Waals surface area (Å²) in [6.07, 6.45) is -0.769. The number of alkyl halides is 2. The second-order valence-corrected chi connectivity index (χ2v) is 5.50. The lowest BCUT2D eigenvalue weighted by atomic mass is 10.0. The maximum absolute atomic E-state index is 12.1. The van der Waals surface area contributed by atoms with Crippen LogP contribution in [-0.2, 0) is 6.61 Å². The quantitative estimate of drug-likeness (QED) is 0.692. The Bertz CT molecular complexity index is 634. The highest BCUT2D eigenvalue weighted by Gasteiger charge is 2.12. The van der Waals surface area contributed by atoms with E-state index in [4.69, 9.17) is 0 Å². The van der Waals surface area contributed by atoms with Gasteiger partial charge < -0.3 is 20.3 Å². The number of ether oxygens (including phenoxy) is 1. The van der Waals surface area contributed by atoms with Gasteiger partial charge in [-0.05, 0) is 35.7 Å². The lowest BCUT2D eigenvalue weighted by Gasteiger charge is -2.18. The van der Waals surface area contributed by atoms with Crippen molar-refractivity contribution < 1.29 is 23.7 Å². The minimum atomic E-state index is -2.86. The molecule has 0 aliphatic rings. The lowest BCUT2D eigenvalue weighted by molar-refractivity contribution is -0.0498. The summed E-state index contributed by atoms with van der Waals surface area (Å²) in [6.45, 7) is -0.614. The molecule has 0 heterocycles. The van der Waals surface area contributed by atoms with Crippen molar-refractivity contribution in [1.82, 2.24) is 5.32 Å². The second-order valence-electron chi connectivity index (χ2n) is 5.50. The van der Waals surface area contributed by atoms with Gasteiger partial charge in [0.15, 0.2) is 0 Å². The molecule has 4 nitrogen and oxygen atoms in total. The van der Waals surface area contributed by atoms with Crippen molar-refractivity contribution >= 4 is 0 Å². The molecule has 130 valence electrons. The van der Waals surface area contributed by atoms with Gasteiger partial charge in [-0.15, -0.1) is 0 Å². The maximum atomic E-state index is 12.1. The largest absolute Gasteiger partial charge is 0.435 e. The van der Waals surface area contributed by atoms with Gasteiger partial charge in [0.2, 0.25) is 0 Å². The number of hydrogen-bond acceptors (Lipinski definition) is 4. The van der Waals surface area contributed by atoms with Gasteiger partial charge in [-0.1, -0.05) is 36.4 Å². The molecule has 2 unspecified atom stereocenters. The van der Waals surface area contributed by atoms with E-state index < -0.39 is 12.7 Å². The van der Waals surface area contributed by atoms with Gasteiger partial charge in [0.05, 0.1) is 12.7 Å². The molecule has 0 aliphatic heterocycles. The van der Waals surface area contributed by atoms with E-state index in [0.717, 1.165) is 11.1 Å². The zero-order chi connectivity index (χ0) is 17.5. The van der Waals surface area contributed by atoms with E-state index in [1.165, 1.54) is 12.1 Å². The molecule has 0 saturated carbocycles. The van der Waals surface area contributed by atoms with Gasteiger partial charge >= 0.3 is 6.61 Å². The van der Waals surface area contributed by atoms with Gasteiger partial charge in [-0.25, -0.2) is 0 Å². The average Bonchev–Trinajstić information content (AvgIpc) is 2.59. The van der Waals surface area contributed by atoms with E-state index >= 15 is 0 Å². The number of halogens is 2. The summed E-state index contributed by atoms with van der Waals surface area (Å²) < 4.78 is 28.5. The first-order valence-corrected chi connectivity index (χ1v) is 7.65. The van der Waals surface area contributed by atoms with Gasteiger partial charge in [0, 0.05) is 12.6 Å². The molecule has 0 saturated heterocycles. The molecule has 0 fully saturated rings. The molecule has 3 N–H and O–H groups in total. The van der Waals surface area contributed by atoms with Crippen molar-refractivity contribution in [2.45, 2.75) is 32.3 Å². The summed E-state index contributed by atoms with van der Waals surface area (Å²) in [6, 6.07) is 13.5. The number of benzene rings is 2. The van der Waals surface area contributed by atoms with E-state index in [2.05, 4.69) is 10.1 Å². The Hall–Kier alpha value is -2.02. The fraction of sp³-hybridized carbons (Fsp3) is 0.333. The number of hydrogen-bond donors (Lipinski definition) is 3. The van der Waals surface area contributed by atoms with Gasteiger partial charge in [0.25, 0.3) is 0 Å². The third-order valence-electron chi connectivity index (χ3n) is 3.74. The summed E-state index contributed by atoms with van der Waals surface area (Å²) >= 11 is 0. The fourth-order valence-electron chi connectivity index (χ4n) is 2.36. The standard InChI is InChI=1S/C18H21F2NO3/c1-12(15-4-2-3-13(9-15)11-22)21-10-17(23)14-5-7-16(8-6-14)24-18(19)20/h2-9,12,17-18,21-23H,10-11H2,1H3. The molecule has 0 aliphatic carbocycles. The van der Waals surface area contributed by atoms with Crippen LogP contribution in [0.2, 0.25) is 0 Å². The molecular formula is C18H21F2NO3. The summed E-state index contributed by atoms with van der Waals surface area (Å²) in [5.74, 6) is 0.0584. The van der Waals surface area contributed by atoms with Crippen molar-refractivity contribution in [2.24, 2.45) is 0 Å². The zero-order valence-corrected chi connectivity index (χ0v) is 13.3. The summed E-state index contributed by atoms with van der Waals surface area (Å²) in [5, 5.41) is 22.6. The maximum Gasteiger partial charge on any atom is 0.387 e. The second kappa shape index (κ2) is 8.73. The highest BCUT2D eigenvalue weighted by atomic mass is 19.3. The number of nitrogens with one attached hydrogen (secondary N) is 1. The summed E-state index contributed by atoms with van der Waals surface area (Å²) in [5.41, 5.74) is 2.45. The zero-order valence-electron chi connectivity index (χ0n) is 13.3. The van der Waals surface area contributed by atoms with Crippen molar-refractivity contribution in [3.8, 4) is 5.75 Å². The monoisotopic (exact) mass is 337 g/mol. The van der Waals surface area contributed by atoms with Crippen LogP contribution < -0.4 is 10.1 Å². The Morgan fingerprint density at radius 3 is 2.42 bits per heavy atom. The molecule has 0 radical (unpaired) electrons. The van der Waals surface area contributed by atoms with E-state index in [-0.39, 0.29) is 18.4 Å². The smallest absolute Gasteiger partial charge is 0.387 e. The summed E-state index contributed by atoms with van der Waals surface area (Å²) in [4.78, 5) is 0. The molecular weight excluding hydrogens is 316 g/mol. The number of rotatable bonds is 8. The SMILES string of the molecule is CC(NCC(O)c1ccc(OC(F)F)cc1)c1cccc(CO)c1. The van der Waals surface area contributed by atoms with Crippen molar-refractivity contribution in [3.05, 3.63) is 65.2 Å². The van der Waals surface area contributed by atoms with Crippen LogP contribution in [0.15, 0.2) is 48.5 Å². The van der Waals surface area contributed by atoms with E-state index in [1.807, 2.05) is 31.2 Å². The van der Waals surface area contributed by atoms with Crippen LogP contribution >= 0.6 is 0 Å². The summed E-state index contributed by atoms with van der Waals surface area (Å²) in [7, 11) is 0. The Kier molecular flexibility index (Phi) is 6.66. The van der Waals surface area contributed by atoms with Crippen molar-refractivity contribution in [2.75, 3.05) is 6.54 Å². The first-order valence-electron chi connectivity index (χ1n) is 7.65. The molecule has 24 heavy (non-hydrogen) atoms. The van der Waals surface area contributed by atoms with Crippen molar-refractivity contribution in [1.29, 1.82) is 0 Å². The van der Waals surface area contributed by atoms with Crippen molar-refractivity contribution in [3.63, 3.8) is 0 Å². The molecule has 2 rings (SSSR count). The third-order valence-corrected chi connectivity index (χ3v) is 3.74. The molecule has 0 spiro atoms. The lowest BCUT2D eigenvalue weighted by Crippen LogP contribution is -2.24. The van der Waals surface area contributed by atoms with Crippen LogP contribution in [0.5, 0.6) is 5.75 Å². The van der Waals surface area contributed by atoms with Crippen LogP contribution in [-0.4, -0.2) is 23.4 Å². The highest BCUT2D eigenvalue weighted by Crippen LogP contribution is 2.20. The molecule has 2 atom stereocenters. The van der Waals surface area contributed by atoms with Crippen LogP contribution in [0, 0.1) is 0 Å². The van der Waals surface area contributed by atoms with E-state index in [9.17, 15) is 19.0 Å². The van der Waals surface area contributed by atoms with Crippen LogP contribution in [0.4, 0.5) is 8.78 Å². The van der Waals surface area contributed by atoms with Crippen LogP contribution in [0.1, 0.15) is 35.8 Å². The number of aliphatic hydroxyl groups excluding tert-OH is 2. The molecule has 2 aromatic rings. The Balaban J connectivity index is 1.90. The Morgan fingerprint density at radius 2 is 1.79 bits per heavy atom. The van der Waals surface area contributed by atoms with Crippen LogP contribution in [0.25, 0.3) is 0 Å². The van der Waals surface area contributed by atoms with E-state index in [1.54, 1.807) is 12.1 Å². The third kappa shape index (κ3) is 5.26. The first kappa shape index (κ1) is 18.3. The molecule has 0 amide bonds. The predicted octanol–water partition coefficient (Wildman–Crippen LogP) is 3.16. The first-order chi connectivity index (χ1) is 11.5. The van der Waals surface area contributed by atoms with Gasteiger partial charge in [-0.3, -0.25) is 0 Å². The Morgan fingerprint density at radius 1 is 1.08 bits per heavy atom. The minimum absolute atomic E-state index is 0.00686. The van der Waals surface area contributed by atoms with Crippen LogP contribution in [0.3, 0.4) is 0 Å². The molecule has 0 aromatic heterocycles. The van der Waals surface area contributed by atoms with Gasteiger partial charge in [0.1, 0.15) is 5.75 Å². The Labute approximate surface area is 139 Å². The van der Waals surface area contributed by atoms with Gasteiger partial charge in [-0.2, -0.15) is 8.78 Å². The highest BCUT2D eigenvalue weighted by molar-refractivity contribution is 5.29. The molecule has 0 bridgehead atoms. The normalized spacial score (nSPS) is 13.8.